The number of nitrogens with zero attached hydrogens (tertiary/aromatic N) is 1. The summed E-state index contributed by atoms with van der Waals surface area (Å²) >= 11 is 2.89. The first-order chi connectivity index (χ1) is 5.52. The number of aromatic nitrogens is 1. The predicted octanol–water partition coefficient (Wildman–Crippen LogP) is 1.95. The number of alkyl halides is 2. The van der Waals surface area contributed by atoms with Gasteiger partial charge in [0.1, 0.15) is 11.5 Å². The Balaban J connectivity index is 3.28. The molecule has 0 aliphatic rings. The van der Waals surface area contributed by atoms with E-state index in [1.54, 1.807) is 0 Å². The van der Waals surface area contributed by atoms with Crippen LogP contribution in [-0.4, -0.2) is 4.98 Å². The van der Waals surface area contributed by atoms with E-state index in [2.05, 4.69) is 20.9 Å². The highest BCUT2D eigenvalue weighted by molar-refractivity contribution is 9.10. The maximum absolute atomic E-state index is 12.2. The minimum absolute atomic E-state index is 0.00833. The van der Waals surface area contributed by atoms with Gasteiger partial charge in [0.25, 0.3) is 6.43 Å². The molecule has 12 heavy (non-hydrogen) atoms. The monoisotopic (exact) mass is 237 g/mol. The Bertz CT molecular complexity index is 303. The van der Waals surface area contributed by atoms with E-state index in [9.17, 15) is 8.78 Å². The molecule has 0 saturated heterocycles. The van der Waals surface area contributed by atoms with Crippen molar-refractivity contribution in [2.45, 2.75) is 6.43 Å². The van der Waals surface area contributed by atoms with Crippen molar-refractivity contribution in [2.75, 3.05) is 11.5 Å². The maximum Gasteiger partial charge on any atom is 0.281 e. The van der Waals surface area contributed by atoms with Gasteiger partial charge in [0, 0.05) is 6.07 Å². The number of hydrogen-bond acceptors (Lipinski definition) is 3. The first-order valence-corrected chi connectivity index (χ1v) is 3.81. The topological polar surface area (TPSA) is 64.9 Å². The van der Waals surface area contributed by atoms with Crippen molar-refractivity contribution in [3.8, 4) is 0 Å². The van der Waals surface area contributed by atoms with Gasteiger partial charge in [-0.05, 0) is 15.9 Å². The molecule has 1 heterocycles. The van der Waals surface area contributed by atoms with E-state index in [0.717, 1.165) is 0 Å². The summed E-state index contributed by atoms with van der Waals surface area (Å²) in [7, 11) is 0. The molecule has 0 bridgehead atoms. The smallest absolute Gasteiger partial charge is 0.281 e. The molecule has 0 unspecified atom stereocenters. The molecule has 1 rings (SSSR count). The van der Waals surface area contributed by atoms with Gasteiger partial charge < -0.3 is 11.5 Å². The van der Waals surface area contributed by atoms with Crippen LogP contribution in [0.25, 0.3) is 0 Å². The second-order valence-corrected chi connectivity index (χ2v) is 2.93. The predicted molar refractivity (Wildman–Crippen MR) is 45.7 cm³/mol. The molecule has 0 aliphatic carbocycles. The van der Waals surface area contributed by atoms with Crippen molar-refractivity contribution >= 4 is 27.4 Å². The Labute approximate surface area is 75.9 Å². The summed E-state index contributed by atoms with van der Waals surface area (Å²) in [5, 5.41) is 0. The second-order valence-electron chi connectivity index (χ2n) is 2.14. The lowest BCUT2D eigenvalue weighted by Crippen LogP contribution is -2.01. The fourth-order valence-corrected chi connectivity index (χ4v) is 1.11. The van der Waals surface area contributed by atoms with Gasteiger partial charge in [-0.2, -0.15) is 0 Å². The van der Waals surface area contributed by atoms with Crippen molar-refractivity contribution in [2.24, 2.45) is 0 Å². The first kappa shape index (κ1) is 9.18. The summed E-state index contributed by atoms with van der Waals surface area (Å²) in [6.07, 6.45) is -2.68. The number of nitrogens with two attached hydrogens (primary N) is 2. The summed E-state index contributed by atoms with van der Waals surface area (Å²) in [5.41, 5.74) is 10.3. The van der Waals surface area contributed by atoms with Gasteiger partial charge in [0.15, 0.2) is 0 Å². The molecule has 0 spiro atoms. The average Bonchev–Trinajstić information content (AvgIpc) is 1.96. The highest BCUT2D eigenvalue weighted by Gasteiger charge is 2.16. The van der Waals surface area contributed by atoms with E-state index in [1.165, 1.54) is 6.07 Å². The van der Waals surface area contributed by atoms with Crippen molar-refractivity contribution in [3.63, 3.8) is 0 Å². The molecule has 1 aromatic heterocycles. The van der Waals surface area contributed by atoms with Crippen molar-refractivity contribution < 1.29 is 8.78 Å². The Morgan fingerprint density at radius 3 is 2.50 bits per heavy atom. The quantitative estimate of drug-likeness (QED) is 0.785. The van der Waals surface area contributed by atoms with E-state index in [0.29, 0.717) is 0 Å². The Morgan fingerprint density at radius 2 is 2.00 bits per heavy atom. The Hall–Kier alpha value is -0.910. The molecule has 0 aromatic carbocycles. The molecule has 0 aliphatic heterocycles. The SMILES string of the molecule is Nc1cc(N)c(Br)c(C(F)F)n1. The highest BCUT2D eigenvalue weighted by Crippen LogP contribution is 2.30. The molecule has 4 N–H and O–H groups in total. The zero-order chi connectivity index (χ0) is 9.30. The average molecular weight is 238 g/mol. The third-order valence-electron chi connectivity index (χ3n) is 1.24. The van der Waals surface area contributed by atoms with Crippen LogP contribution in [0.2, 0.25) is 0 Å². The molecule has 0 atom stereocenters. The van der Waals surface area contributed by atoms with Crippen LogP contribution in [0.15, 0.2) is 10.5 Å². The number of anilines is 2. The van der Waals surface area contributed by atoms with Crippen LogP contribution >= 0.6 is 15.9 Å². The molecule has 1 aromatic rings. The van der Waals surface area contributed by atoms with E-state index in [-0.39, 0.29) is 16.0 Å². The number of rotatable bonds is 1. The lowest BCUT2D eigenvalue weighted by molar-refractivity contribution is 0.145. The van der Waals surface area contributed by atoms with Crippen LogP contribution < -0.4 is 11.5 Å². The lowest BCUT2D eigenvalue weighted by Gasteiger charge is -2.05. The summed E-state index contributed by atoms with van der Waals surface area (Å²) in [4.78, 5) is 3.43. The van der Waals surface area contributed by atoms with Crippen molar-refractivity contribution in [3.05, 3.63) is 16.2 Å². The second kappa shape index (κ2) is 3.22. The van der Waals surface area contributed by atoms with Gasteiger partial charge in [-0.1, -0.05) is 0 Å². The van der Waals surface area contributed by atoms with Crippen molar-refractivity contribution in [1.82, 2.24) is 4.98 Å². The van der Waals surface area contributed by atoms with Crippen LogP contribution in [0.4, 0.5) is 20.3 Å². The third kappa shape index (κ3) is 1.63. The van der Waals surface area contributed by atoms with E-state index < -0.39 is 12.1 Å². The number of pyridine rings is 1. The molecule has 66 valence electrons. The summed E-state index contributed by atoms with van der Waals surface area (Å²) in [5.74, 6) is -0.00833. The molecule has 0 fully saturated rings. The molecule has 6 heteroatoms. The van der Waals surface area contributed by atoms with E-state index >= 15 is 0 Å². The molecular weight excluding hydrogens is 232 g/mol. The largest absolute Gasteiger partial charge is 0.398 e. The van der Waals surface area contributed by atoms with Gasteiger partial charge in [0.05, 0.1) is 10.2 Å². The lowest BCUT2D eigenvalue weighted by atomic mass is 10.3. The first-order valence-electron chi connectivity index (χ1n) is 3.02. The zero-order valence-electron chi connectivity index (χ0n) is 5.89. The summed E-state index contributed by atoms with van der Waals surface area (Å²) in [6, 6.07) is 1.32. The normalized spacial score (nSPS) is 10.7. The number of nitrogen functional groups attached to an aromatic ring is 2. The van der Waals surface area contributed by atoms with Crippen molar-refractivity contribution in [1.29, 1.82) is 0 Å². The maximum atomic E-state index is 12.2. The number of hydrogen-bond donors (Lipinski definition) is 2. The molecule has 0 amide bonds. The van der Waals surface area contributed by atoms with E-state index in [1.807, 2.05) is 0 Å². The Kier molecular flexibility index (Phi) is 2.46. The van der Waals surface area contributed by atoms with Crippen LogP contribution in [0, 0.1) is 0 Å². The minimum Gasteiger partial charge on any atom is -0.398 e. The fraction of sp³-hybridized carbons (Fsp3) is 0.167. The van der Waals surface area contributed by atoms with Crippen LogP contribution in [0.1, 0.15) is 12.1 Å². The fourth-order valence-electron chi connectivity index (χ4n) is 0.736. The zero-order valence-corrected chi connectivity index (χ0v) is 7.48. The Morgan fingerprint density at radius 1 is 1.42 bits per heavy atom. The highest BCUT2D eigenvalue weighted by atomic mass is 79.9. The van der Waals surface area contributed by atoms with E-state index in [4.69, 9.17) is 11.5 Å². The molecule has 0 saturated carbocycles. The van der Waals surface area contributed by atoms with Crippen LogP contribution in [0.5, 0.6) is 0 Å². The van der Waals surface area contributed by atoms with Crippen LogP contribution in [0.3, 0.4) is 0 Å². The van der Waals surface area contributed by atoms with Gasteiger partial charge in [-0.3, -0.25) is 0 Å². The number of halogens is 3. The van der Waals surface area contributed by atoms with Crippen LogP contribution in [-0.2, 0) is 0 Å². The molecular formula is C6H6BrF2N3. The van der Waals surface area contributed by atoms with Gasteiger partial charge in [-0.25, -0.2) is 13.8 Å². The summed E-state index contributed by atoms with van der Waals surface area (Å²) in [6.45, 7) is 0. The molecule has 3 nitrogen and oxygen atoms in total. The standard InChI is InChI=1S/C6H6BrF2N3/c7-4-2(10)1-3(11)12-5(4)6(8)9/h1,6H,(H4,10,11,12). The van der Waals surface area contributed by atoms with Gasteiger partial charge in [0.2, 0.25) is 0 Å². The van der Waals surface area contributed by atoms with Gasteiger partial charge in [-0.15, -0.1) is 0 Å². The minimum atomic E-state index is -2.68. The molecule has 0 radical (unpaired) electrons. The van der Waals surface area contributed by atoms with Gasteiger partial charge >= 0.3 is 0 Å². The summed E-state index contributed by atoms with van der Waals surface area (Å²) < 4.78 is 24.5. The third-order valence-corrected chi connectivity index (χ3v) is 2.10.